The van der Waals surface area contributed by atoms with E-state index in [0.717, 1.165) is 0 Å². The molecule has 0 atom stereocenters. The number of hydrogen-bond donors (Lipinski definition) is 0. The lowest BCUT2D eigenvalue weighted by Gasteiger charge is -2.05. The summed E-state index contributed by atoms with van der Waals surface area (Å²) in [6.07, 6.45) is 1.49. The van der Waals surface area contributed by atoms with Gasteiger partial charge in [0, 0.05) is 5.56 Å². The van der Waals surface area contributed by atoms with Gasteiger partial charge in [0.2, 0.25) is 0 Å². The Morgan fingerprint density at radius 1 is 1.29 bits per heavy atom. The summed E-state index contributed by atoms with van der Waals surface area (Å²) in [6, 6.07) is 6.60. The van der Waals surface area contributed by atoms with Crippen LogP contribution in [0.4, 0.5) is 0 Å². The van der Waals surface area contributed by atoms with Crippen LogP contribution in [0, 0.1) is 6.92 Å². The number of rotatable bonds is 3. The number of ketones is 1. The Morgan fingerprint density at radius 3 is 2.59 bits per heavy atom. The first-order valence-corrected chi connectivity index (χ1v) is 5.43. The molecule has 4 heteroatoms. The maximum absolute atomic E-state index is 12.2. The third kappa shape index (κ3) is 2.19. The highest BCUT2D eigenvalue weighted by molar-refractivity contribution is 6.35. The van der Waals surface area contributed by atoms with Gasteiger partial charge in [-0.05, 0) is 31.2 Å². The van der Waals surface area contributed by atoms with E-state index in [-0.39, 0.29) is 5.78 Å². The number of benzene rings is 1. The SMILES string of the molecule is COc1ccc(C(=O)c2ccoc2C)c(Cl)c1. The third-order valence-corrected chi connectivity index (χ3v) is 2.84. The van der Waals surface area contributed by atoms with E-state index in [0.29, 0.717) is 27.7 Å². The van der Waals surface area contributed by atoms with E-state index in [9.17, 15) is 4.79 Å². The summed E-state index contributed by atoms with van der Waals surface area (Å²) in [5.74, 6) is 1.06. The van der Waals surface area contributed by atoms with Crippen LogP contribution in [0.3, 0.4) is 0 Å². The van der Waals surface area contributed by atoms with Gasteiger partial charge in [0.1, 0.15) is 11.5 Å². The first-order valence-electron chi connectivity index (χ1n) is 5.06. The Hall–Kier alpha value is -1.74. The zero-order chi connectivity index (χ0) is 12.4. The number of ether oxygens (including phenoxy) is 1. The fourth-order valence-electron chi connectivity index (χ4n) is 1.57. The smallest absolute Gasteiger partial charge is 0.198 e. The quantitative estimate of drug-likeness (QED) is 0.783. The molecule has 0 unspecified atom stereocenters. The van der Waals surface area contributed by atoms with Crippen molar-refractivity contribution in [2.45, 2.75) is 6.92 Å². The van der Waals surface area contributed by atoms with Gasteiger partial charge in [0.25, 0.3) is 0 Å². The molecule has 0 aliphatic heterocycles. The molecule has 3 nitrogen and oxygen atoms in total. The highest BCUT2D eigenvalue weighted by Crippen LogP contribution is 2.25. The Kier molecular flexibility index (Phi) is 3.20. The summed E-state index contributed by atoms with van der Waals surface area (Å²) >= 11 is 6.04. The van der Waals surface area contributed by atoms with Crippen LogP contribution in [0.1, 0.15) is 21.7 Å². The van der Waals surface area contributed by atoms with Crippen LogP contribution in [0.5, 0.6) is 5.75 Å². The number of carbonyl (C=O) groups excluding carboxylic acids is 1. The Bertz CT molecular complexity index is 558. The van der Waals surface area contributed by atoms with Crippen molar-refractivity contribution < 1.29 is 13.9 Å². The van der Waals surface area contributed by atoms with Gasteiger partial charge in [-0.15, -0.1) is 0 Å². The molecule has 0 aliphatic carbocycles. The first kappa shape index (κ1) is 11.7. The van der Waals surface area contributed by atoms with Crippen molar-refractivity contribution in [1.82, 2.24) is 0 Å². The van der Waals surface area contributed by atoms with E-state index in [1.165, 1.54) is 6.26 Å². The van der Waals surface area contributed by atoms with Gasteiger partial charge in [0.05, 0.1) is 24.0 Å². The van der Waals surface area contributed by atoms with Crippen LogP contribution in [-0.4, -0.2) is 12.9 Å². The maximum atomic E-state index is 12.2. The van der Waals surface area contributed by atoms with E-state index in [1.807, 2.05) is 0 Å². The van der Waals surface area contributed by atoms with E-state index in [2.05, 4.69) is 0 Å². The number of furan rings is 1. The second-order valence-electron chi connectivity index (χ2n) is 3.57. The molecular formula is C13H11ClO3. The lowest BCUT2D eigenvalue weighted by Crippen LogP contribution is -2.02. The molecule has 1 aromatic heterocycles. The van der Waals surface area contributed by atoms with E-state index in [1.54, 1.807) is 38.3 Å². The van der Waals surface area contributed by atoms with Gasteiger partial charge in [-0.25, -0.2) is 0 Å². The lowest BCUT2D eigenvalue weighted by molar-refractivity contribution is 0.103. The molecule has 17 heavy (non-hydrogen) atoms. The molecule has 1 aromatic carbocycles. The monoisotopic (exact) mass is 250 g/mol. The molecule has 2 aromatic rings. The predicted octanol–water partition coefficient (Wildman–Crippen LogP) is 3.48. The Morgan fingerprint density at radius 2 is 2.06 bits per heavy atom. The predicted molar refractivity (Wildman–Crippen MR) is 64.9 cm³/mol. The number of carbonyl (C=O) groups is 1. The summed E-state index contributed by atoms with van der Waals surface area (Å²) in [6.45, 7) is 1.74. The van der Waals surface area contributed by atoms with Crippen LogP contribution in [0.2, 0.25) is 5.02 Å². The minimum absolute atomic E-state index is 0.149. The van der Waals surface area contributed by atoms with Gasteiger partial charge in [0.15, 0.2) is 5.78 Å². The highest BCUT2D eigenvalue weighted by atomic mass is 35.5. The molecule has 1 heterocycles. The molecule has 0 fully saturated rings. The van der Waals surface area contributed by atoms with E-state index < -0.39 is 0 Å². The average Bonchev–Trinajstić information content (AvgIpc) is 2.74. The summed E-state index contributed by atoms with van der Waals surface area (Å²) in [5.41, 5.74) is 0.967. The molecule has 2 rings (SSSR count). The second-order valence-corrected chi connectivity index (χ2v) is 3.97. The zero-order valence-corrected chi connectivity index (χ0v) is 10.2. The van der Waals surface area contributed by atoms with Gasteiger partial charge in [-0.2, -0.15) is 0 Å². The van der Waals surface area contributed by atoms with Crippen molar-refractivity contribution in [3.63, 3.8) is 0 Å². The molecule has 0 spiro atoms. The molecule has 0 saturated heterocycles. The van der Waals surface area contributed by atoms with E-state index in [4.69, 9.17) is 20.8 Å². The van der Waals surface area contributed by atoms with Crippen molar-refractivity contribution >= 4 is 17.4 Å². The fraction of sp³-hybridized carbons (Fsp3) is 0.154. The van der Waals surface area contributed by atoms with Crippen molar-refractivity contribution in [3.8, 4) is 5.75 Å². The van der Waals surface area contributed by atoms with Crippen LogP contribution < -0.4 is 4.74 Å². The van der Waals surface area contributed by atoms with Crippen molar-refractivity contribution in [2.75, 3.05) is 7.11 Å². The number of hydrogen-bond acceptors (Lipinski definition) is 3. The van der Waals surface area contributed by atoms with Crippen molar-refractivity contribution in [1.29, 1.82) is 0 Å². The number of aryl methyl sites for hydroxylation is 1. The first-order chi connectivity index (χ1) is 8.13. The molecule has 0 saturated carbocycles. The average molecular weight is 251 g/mol. The largest absolute Gasteiger partial charge is 0.497 e. The zero-order valence-electron chi connectivity index (χ0n) is 9.49. The summed E-state index contributed by atoms with van der Waals surface area (Å²) in [5, 5.41) is 0.370. The highest BCUT2D eigenvalue weighted by Gasteiger charge is 2.17. The van der Waals surface area contributed by atoms with E-state index >= 15 is 0 Å². The molecular weight excluding hydrogens is 240 g/mol. The molecule has 88 valence electrons. The minimum Gasteiger partial charge on any atom is -0.497 e. The number of methoxy groups -OCH3 is 1. The third-order valence-electron chi connectivity index (χ3n) is 2.52. The number of halogens is 1. The molecule has 0 amide bonds. The minimum atomic E-state index is -0.149. The molecule has 0 bridgehead atoms. The van der Waals surface area contributed by atoms with Crippen LogP contribution >= 0.6 is 11.6 Å². The van der Waals surface area contributed by atoms with Gasteiger partial charge in [-0.1, -0.05) is 11.6 Å². The maximum Gasteiger partial charge on any atom is 0.198 e. The standard InChI is InChI=1S/C13H11ClO3/c1-8-10(5-6-17-8)13(15)11-4-3-9(16-2)7-12(11)14/h3-7H,1-2H3. The van der Waals surface area contributed by atoms with Crippen LogP contribution in [0.15, 0.2) is 34.9 Å². The summed E-state index contributed by atoms with van der Waals surface area (Å²) in [4.78, 5) is 12.2. The molecule has 0 radical (unpaired) electrons. The summed E-state index contributed by atoms with van der Waals surface area (Å²) in [7, 11) is 1.55. The summed E-state index contributed by atoms with van der Waals surface area (Å²) < 4.78 is 10.1. The molecule has 0 N–H and O–H groups in total. The van der Waals surface area contributed by atoms with Crippen molar-refractivity contribution in [3.05, 3.63) is 52.4 Å². The van der Waals surface area contributed by atoms with Gasteiger partial charge in [-0.3, -0.25) is 4.79 Å². The van der Waals surface area contributed by atoms with Crippen molar-refractivity contribution in [2.24, 2.45) is 0 Å². The topological polar surface area (TPSA) is 39.4 Å². The van der Waals surface area contributed by atoms with Gasteiger partial charge < -0.3 is 9.15 Å². The fourth-order valence-corrected chi connectivity index (χ4v) is 1.83. The second kappa shape index (κ2) is 4.63. The Balaban J connectivity index is 2.41. The molecule has 0 aliphatic rings. The Labute approximate surface area is 104 Å². The normalized spacial score (nSPS) is 10.3. The van der Waals surface area contributed by atoms with Gasteiger partial charge >= 0.3 is 0 Å². The van der Waals surface area contributed by atoms with Crippen LogP contribution in [0.25, 0.3) is 0 Å². The lowest BCUT2D eigenvalue weighted by atomic mass is 10.0. The van der Waals surface area contributed by atoms with Crippen LogP contribution in [-0.2, 0) is 0 Å².